The lowest BCUT2D eigenvalue weighted by atomic mass is 10.2. The third-order valence-corrected chi connectivity index (χ3v) is 3.75. The van der Waals surface area contributed by atoms with Gasteiger partial charge in [-0.05, 0) is 46.8 Å². The topological polar surface area (TPSA) is 81.4 Å². The molecule has 1 aliphatic carbocycles. The van der Waals surface area contributed by atoms with Gasteiger partial charge in [-0.2, -0.15) is 0 Å². The van der Waals surface area contributed by atoms with Crippen LogP contribution in [0.1, 0.15) is 23.2 Å². The lowest BCUT2D eigenvalue weighted by molar-refractivity contribution is -0.124. The number of carbonyl (C=O) groups is 2. The molecule has 0 unspecified atom stereocenters. The predicted octanol–water partition coefficient (Wildman–Crippen LogP) is 1.71. The van der Waals surface area contributed by atoms with Crippen molar-refractivity contribution < 1.29 is 14.3 Å². The molecule has 6 heteroatoms. The van der Waals surface area contributed by atoms with Crippen LogP contribution in [0.25, 0.3) is 0 Å². The maximum atomic E-state index is 11.8. The van der Waals surface area contributed by atoms with E-state index in [0.29, 0.717) is 28.2 Å². The van der Waals surface area contributed by atoms with E-state index in [1.54, 1.807) is 18.2 Å². The Bertz CT molecular complexity index is 501. The van der Waals surface area contributed by atoms with Crippen LogP contribution in [0.5, 0.6) is 0 Å². The number of nitrogens with two attached hydrogens (primary N) is 1. The predicted molar refractivity (Wildman–Crippen MR) is 74.6 cm³/mol. The summed E-state index contributed by atoms with van der Waals surface area (Å²) >= 11 is 3.22. The number of amides is 1. The van der Waals surface area contributed by atoms with Gasteiger partial charge in [0.1, 0.15) is 0 Å². The van der Waals surface area contributed by atoms with E-state index in [2.05, 4.69) is 21.2 Å². The third kappa shape index (κ3) is 3.96. The van der Waals surface area contributed by atoms with Gasteiger partial charge in [-0.3, -0.25) is 4.79 Å². The van der Waals surface area contributed by atoms with Crippen molar-refractivity contribution in [2.45, 2.75) is 12.8 Å². The van der Waals surface area contributed by atoms with Crippen LogP contribution < -0.4 is 11.1 Å². The van der Waals surface area contributed by atoms with Crippen LogP contribution >= 0.6 is 15.9 Å². The largest absolute Gasteiger partial charge is 0.452 e. The zero-order valence-electron chi connectivity index (χ0n) is 10.3. The number of rotatable bonds is 5. The lowest BCUT2D eigenvalue weighted by Crippen LogP contribution is -2.30. The average molecular weight is 327 g/mol. The summed E-state index contributed by atoms with van der Waals surface area (Å²) in [6, 6.07) is 4.91. The molecule has 1 aliphatic rings. The zero-order valence-corrected chi connectivity index (χ0v) is 11.9. The van der Waals surface area contributed by atoms with Gasteiger partial charge in [-0.25, -0.2) is 4.79 Å². The number of carbonyl (C=O) groups excluding carboxylic acids is 2. The SMILES string of the molecule is Nc1cccc(C(=O)OCC(=O)NCC2CC2)c1Br. The second-order valence-electron chi connectivity index (χ2n) is 4.53. The van der Waals surface area contributed by atoms with Gasteiger partial charge in [0, 0.05) is 12.2 Å². The highest BCUT2D eigenvalue weighted by atomic mass is 79.9. The minimum atomic E-state index is -0.569. The number of benzene rings is 1. The molecule has 1 saturated carbocycles. The van der Waals surface area contributed by atoms with E-state index in [1.165, 1.54) is 0 Å². The number of nitrogens with one attached hydrogen (secondary N) is 1. The molecule has 102 valence electrons. The number of hydrogen-bond donors (Lipinski definition) is 2. The normalized spacial score (nSPS) is 13.9. The molecule has 0 atom stereocenters. The molecule has 0 aromatic heterocycles. The number of esters is 1. The molecule has 0 bridgehead atoms. The molecule has 0 aliphatic heterocycles. The fourth-order valence-corrected chi connectivity index (χ4v) is 1.97. The van der Waals surface area contributed by atoms with E-state index in [9.17, 15) is 9.59 Å². The summed E-state index contributed by atoms with van der Waals surface area (Å²) in [5.41, 5.74) is 6.43. The number of hydrogen-bond acceptors (Lipinski definition) is 4. The molecule has 1 fully saturated rings. The summed E-state index contributed by atoms with van der Waals surface area (Å²) in [5, 5.41) is 2.72. The maximum absolute atomic E-state index is 11.8. The molecule has 19 heavy (non-hydrogen) atoms. The van der Waals surface area contributed by atoms with Gasteiger partial charge in [-0.1, -0.05) is 6.07 Å². The van der Waals surface area contributed by atoms with E-state index >= 15 is 0 Å². The summed E-state index contributed by atoms with van der Waals surface area (Å²) in [6.45, 7) is 0.394. The lowest BCUT2D eigenvalue weighted by Gasteiger charge is -2.08. The van der Waals surface area contributed by atoms with Gasteiger partial charge in [0.25, 0.3) is 5.91 Å². The van der Waals surface area contributed by atoms with Crippen LogP contribution in [0.2, 0.25) is 0 Å². The number of ether oxygens (including phenoxy) is 1. The van der Waals surface area contributed by atoms with Crippen LogP contribution in [-0.2, 0) is 9.53 Å². The Hall–Kier alpha value is -1.56. The van der Waals surface area contributed by atoms with Gasteiger partial charge in [0.15, 0.2) is 6.61 Å². The Balaban J connectivity index is 1.82. The van der Waals surface area contributed by atoms with Crippen molar-refractivity contribution in [1.29, 1.82) is 0 Å². The summed E-state index contributed by atoms with van der Waals surface area (Å²) in [5.74, 6) is -0.247. The fourth-order valence-electron chi connectivity index (χ4n) is 1.55. The van der Waals surface area contributed by atoms with Gasteiger partial charge in [-0.15, -0.1) is 0 Å². The molecule has 0 saturated heterocycles. The fraction of sp³-hybridized carbons (Fsp3) is 0.385. The number of anilines is 1. The molecule has 1 aromatic rings. The third-order valence-electron chi connectivity index (χ3n) is 2.87. The molecule has 1 amide bonds. The minimum Gasteiger partial charge on any atom is -0.452 e. The van der Waals surface area contributed by atoms with Crippen LogP contribution in [0.4, 0.5) is 5.69 Å². The average Bonchev–Trinajstić information content (AvgIpc) is 3.21. The van der Waals surface area contributed by atoms with Crippen molar-refractivity contribution in [3.63, 3.8) is 0 Å². The Morgan fingerprint density at radius 1 is 1.42 bits per heavy atom. The van der Waals surface area contributed by atoms with Crippen molar-refractivity contribution in [1.82, 2.24) is 5.32 Å². The van der Waals surface area contributed by atoms with Crippen molar-refractivity contribution >= 4 is 33.5 Å². The first kappa shape index (κ1) is 13.9. The van der Waals surface area contributed by atoms with E-state index in [-0.39, 0.29) is 12.5 Å². The quantitative estimate of drug-likeness (QED) is 0.637. The van der Waals surface area contributed by atoms with Gasteiger partial charge < -0.3 is 15.8 Å². The molecular weight excluding hydrogens is 312 g/mol. The first-order valence-electron chi connectivity index (χ1n) is 6.05. The second kappa shape index (κ2) is 6.06. The van der Waals surface area contributed by atoms with E-state index < -0.39 is 5.97 Å². The minimum absolute atomic E-state index is 0.271. The highest BCUT2D eigenvalue weighted by Crippen LogP contribution is 2.27. The van der Waals surface area contributed by atoms with Crippen LogP contribution in [-0.4, -0.2) is 25.0 Å². The molecule has 3 N–H and O–H groups in total. The van der Waals surface area contributed by atoms with E-state index in [1.807, 2.05) is 0 Å². The zero-order chi connectivity index (χ0) is 13.8. The maximum Gasteiger partial charge on any atom is 0.339 e. The Morgan fingerprint density at radius 3 is 2.84 bits per heavy atom. The molecule has 5 nitrogen and oxygen atoms in total. The highest BCUT2D eigenvalue weighted by molar-refractivity contribution is 9.10. The van der Waals surface area contributed by atoms with Crippen LogP contribution in [0.15, 0.2) is 22.7 Å². The Kier molecular flexibility index (Phi) is 4.42. The van der Waals surface area contributed by atoms with Gasteiger partial charge >= 0.3 is 5.97 Å². The van der Waals surface area contributed by atoms with Crippen LogP contribution in [0.3, 0.4) is 0 Å². The highest BCUT2D eigenvalue weighted by Gasteiger charge is 2.22. The molecule has 0 spiro atoms. The molecule has 0 heterocycles. The number of halogens is 1. The second-order valence-corrected chi connectivity index (χ2v) is 5.33. The van der Waals surface area contributed by atoms with Crippen molar-refractivity contribution in [2.24, 2.45) is 5.92 Å². The van der Waals surface area contributed by atoms with E-state index in [0.717, 1.165) is 12.8 Å². The van der Waals surface area contributed by atoms with Crippen LogP contribution in [0, 0.1) is 5.92 Å². The summed E-state index contributed by atoms with van der Waals surface area (Å²) < 4.78 is 5.43. The van der Waals surface area contributed by atoms with Crippen molar-refractivity contribution in [3.8, 4) is 0 Å². The Labute approximate surface area is 119 Å². The summed E-state index contributed by atoms with van der Waals surface area (Å²) in [7, 11) is 0. The van der Waals surface area contributed by atoms with Gasteiger partial charge in [0.05, 0.1) is 10.0 Å². The summed E-state index contributed by atoms with van der Waals surface area (Å²) in [4.78, 5) is 23.2. The standard InChI is InChI=1S/C13H15BrN2O3/c14-12-9(2-1-3-10(12)15)13(18)19-7-11(17)16-6-8-4-5-8/h1-3,8H,4-7,15H2,(H,16,17). The monoisotopic (exact) mass is 326 g/mol. The number of nitrogen functional groups attached to an aromatic ring is 1. The van der Waals surface area contributed by atoms with Crippen molar-refractivity contribution in [2.75, 3.05) is 18.9 Å². The molecule has 1 aromatic carbocycles. The van der Waals surface area contributed by atoms with Gasteiger partial charge in [0.2, 0.25) is 0 Å². The first-order chi connectivity index (χ1) is 9.08. The Morgan fingerprint density at radius 2 is 2.16 bits per heavy atom. The molecule has 0 radical (unpaired) electrons. The summed E-state index contributed by atoms with van der Waals surface area (Å²) in [6.07, 6.45) is 2.33. The van der Waals surface area contributed by atoms with Crippen molar-refractivity contribution in [3.05, 3.63) is 28.2 Å². The molecular formula is C13H15BrN2O3. The molecule has 2 rings (SSSR count). The smallest absolute Gasteiger partial charge is 0.339 e. The van der Waals surface area contributed by atoms with E-state index in [4.69, 9.17) is 10.5 Å². The first-order valence-corrected chi connectivity index (χ1v) is 6.85.